The van der Waals surface area contributed by atoms with E-state index in [4.69, 9.17) is 14.5 Å². The monoisotopic (exact) mass is 354 g/mol. The third kappa shape index (κ3) is 3.10. The molecule has 1 N–H and O–H groups in total. The minimum absolute atomic E-state index is 0.247. The van der Waals surface area contributed by atoms with Gasteiger partial charge in [0.1, 0.15) is 17.3 Å². The summed E-state index contributed by atoms with van der Waals surface area (Å²) in [6.45, 7) is 1.55. The molecule has 0 saturated carbocycles. The van der Waals surface area contributed by atoms with E-state index in [0.717, 1.165) is 43.1 Å². The smallest absolute Gasteiger partial charge is 0.276 e. The second kappa shape index (κ2) is 6.92. The van der Waals surface area contributed by atoms with Crippen LogP contribution in [-0.2, 0) is 18.2 Å². The standard InChI is InChI=1S/C19H22N4O3/c1-23-10-15(20-11-23)19(24)22-17-9-14-16(25-2)4-3-13(18(14)21-17)12-5-7-26-8-6-12/h3-4,10-12H,5-9H2,1-2H3,(H,21,22,24). The first-order valence-electron chi connectivity index (χ1n) is 8.80. The fourth-order valence-corrected chi connectivity index (χ4v) is 3.61. The maximum atomic E-state index is 12.4. The Balaban J connectivity index is 1.61. The zero-order valence-electron chi connectivity index (χ0n) is 15.0. The Labute approximate surface area is 152 Å². The normalized spacial score (nSPS) is 16.9. The van der Waals surface area contributed by atoms with E-state index >= 15 is 0 Å². The number of hydrogen-bond acceptors (Lipinski definition) is 5. The fraction of sp³-hybridized carbons (Fsp3) is 0.421. The number of carbonyl (C=O) groups is 1. The van der Waals surface area contributed by atoms with E-state index in [0.29, 0.717) is 23.9 Å². The molecule has 1 amide bonds. The van der Waals surface area contributed by atoms with Crippen molar-refractivity contribution in [3.63, 3.8) is 0 Å². The Morgan fingerprint density at radius 2 is 2.15 bits per heavy atom. The molecular formula is C19H22N4O3. The van der Waals surface area contributed by atoms with Gasteiger partial charge in [0, 0.05) is 38.4 Å². The number of carbonyl (C=O) groups excluding carboxylic acids is 1. The number of amides is 1. The molecule has 0 unspecified atom stereocenters. The van der Waals surface area contributed by atoms with Crippen LogP contribution in [-0.4, -0.2) is 41.6 Å². The van der Waals surface area contributed by atoms with E-state index in [1.807, 2.05) is 13.1 Å². The number of fused-ring (bicyclic) bond motifs is 1. The summed E-state index contributed by atoms with van der Waals surface area (Å²) in [5.74, 6) is 1.62. The van der Waals surface area contributed by atoms with Crippen molar-refractivity contribution in [2.45, 2.75) is 25.2 Å². The molecule has 1 saturated heterocycles. The van der Waals surface area contributed by atoms with Gasteiger partial charge in [-0.15, -0.1) is 0 Å². The number of ether oxygens (including phenoxy) is 2. The molecule has 1 aromatic carbocycles. The first-order valence-corrected chi connectivity index (χ1v) is 8.80. The van der Waals surface area contributed by atoms with Crippen molar-refractivity contribution in [1.82, 2.24) is 14.9 Å². The van der Waals surface area contributed by atoms with Crippen LogP contribution in [0.2, 0.25) is 0 Å². The van der Waals surface area contributed by atoms with Gasteiger partial charge in [-0.2, -0.15) is 0 Å². The predicted octanol–water partition coefficient (Wildman–Crippen LogP) is 2.34. The van der Waals surface area contributed by atoms with Gasteiger partial charge in [-0.25, -0.2) is 9.98 Å². The third-order valence-electron chi connectivity index (χ3n) is 4.94. The molecule has 1 aromatic heterocycles. The van der Waals surface area contributed by atoms with E-state index in [1.54, 1.807) is 24.2 Å². The lowest BCUT2D eigenvalue weighted by Gasteiger charge is -2.24. The van der Waals surface area contributed by atoms with E-state index in [1.165, 1.54) is 5.56 Å². The minimum atomic E-state index is -0.247. The summed E-state index contributed by atoms with van der Waals surface area (Å²) in [6.07, 6.45) is 5.82. The van der Waals surface area contributed by atoms with Gasteiger partial charge in [0.15, 0.2) is 0 Å². The van der Waals surface area contributed by atoms with Gasteiger partial charge < -0.3 is 19.4 Å². The van der Waals surface area contributed by atoms with Crippen LogP contribution in [0.15, 0.2) is 29.6 Å². The van der Waals surface area contributed by atoms with Gasteiger partial charge in [-0.05, 0) is 30.4 Å². The fourth-order valence-electron chi connectivity index (χ4n) is 3.61. The molecule has 0 radical (unpaired) electrons. The molecule has 0 bridgehead atoms. The molecule has 0 atom stereocenters. The van der Waals surface area contributed by atoms with Crippen LogP contribution in [0.3, 0.4) is 0 Å². The molecule has 0 aliphatic carbocycles. The molecule has 2 aliphatic heterocycles. The Bertz CT molecular complexity index is 866. The van der Waals surface area contributed by atoms with Crippen LogP contribution in [0.4, 0.5) is 5.69 Å². The van der Waals surface area contributed by atoms with E-state index in [-0.39, 0.29) is 5.91 Å². The number of benzene rings is 1. The highest BCUT2D eigenvalue weighted by Gasteiger charge is 2.27. The van der Waals surface area contributed by atoms with Crippen LogP contribution >= 0.6 is 0 Å². The SMILES string of the molecule is COc1ccc(C2CCOCC2)c2c1CC(NC(=O)c1cn(C)cn1)=N2. The van der Waals surface area contributed by atoms with Crippen molar-refractivity contribution in [3.8, 4) is 5.75 Å². The van der Waals surface area contributed by atoms with Crippen LogP contribution in [0, 0.1) is 0 Å². The average Bonchev–Trinajstić information content (AvgIpc) is 3.27. The van der Waals surface area contributed by atoms with Gasteiger partial charge in [0.25, 0.3) is 5.91 Å². The first kappa shape index (κ1) is 16.8. The second-order valence-electron chi connectivity index (χ2n) is 6.68. The predicted molar refractivity (Wildman–Crippen MR) is 97.3 cm³/mol. The number of hydrogen-bond donors (Lipinski definition) is 1. The van der Waals surface area contributed by atoms with Gasteiger partial charge in [0.2, 0.25) is 0 Å². The Morgan fingerprint density at radius 1 is 1.35 bits per heavy atom. The quantitative estimate of drug-likeness (QED) is 0.918. The molecule has 4 rings (SSSR count). The van der Waals surface area contributed by atoms with Gasteiger partial charge in [-0.1, -0.05) is 6.07 Å². The summed E-state index contributed by atoms with van der Waals surface area (Å²) in [5, 5.41) is 2.89. The minimum Gasteiger partial charge on any atom is -0.496 e. The number of amidine groups is 1. The van der Waals surface area contributed by atoms with Crippen molar-refractivity contribution in [1.29, 1.82) is 0 Å². The summed E-state index contributed by atoms with van der Waals surface area (Å²) in [6, 6.07) is 4.10. The van der Waals surface area contributed by atoms with E-state index in [2.05, 4.69) is 16.4 Å². The number of aryl methyl sites for hydroxylation is 1. The van der Waals surface area contributed by atoms with Crippen LogP contribution < -0.4 is 10.1 Å². The Morgan fingerprint density at radius 3 is 2.85 bits per heavy atom. The third-order valence-corrected chi connectivity index (χ3v) is 4.94. The molecule has 3 heterocycles. The number of aliphatic imine (C=N–C) groups is 1. The molecule has 7 heteroatoms. The molecule has 136 valence electrons. The number of aromatic nitrogens is 2. The van der Waals surface area contributed by atoms with Crippen molar-refractivity contribution in [3.05, 3.63) is 41.5 Å². The molecule has 1 fully saturated rings. The lowest BCUT2D eigenvalue weighted by molar-refractivity contribution is 0.0854. The molecule has 26 heavy (non-hydrogen) atoms. The highest BCUT2D eigenvalue weighted by atomic mass is 16.5. The number of rotatable bonds is 3. The number of imidazole rings is 1. The lowest BCUT2D eigenvalue weighted by Crippen LogP contribution is -2.30. The zero-order valence-corrected chi connectivity index (χ0v) is 15.0. The van der Waals surface area contributed by atoms with Crippen molar-refractivity contribution in [2.24, 2.45) is 12.0 Å². The number of methoxy groups -OCH3 is 1. The summed E-state index contributed by atoms with van der Waals surface area (Å²) in [5.41, 5.74) is 3.56. The van der Waals surface area contributed by atoms with Gasteiger partial charge >= 0.3 is 0 Å². The van der Waals surface area contributed by atoms with Gasteiger partial charge in [0.05, 0.1) is 19.1 Å². The Hall–Kier alpha value is -2.67. The topological polar surface area (TPSA) is 77.7 Å². The maximum Gasteiger partial charge on any atom is 0.276 e. The second-order valence-corrected chi connectivity index (χ2v) is 6.68. The molecule has 0 spiro atoms. The molecular weight excluding hydrogens is 332 g/mol. The number of nitrogens with one attached hydrogen (secondary N) is 1. The van der Waals surface area contributed by atoms with Crippen molar-refractivity contribution in [2.75, 3.05) is 20.3 Å². The summed E-state index contributed by atoms with van der Waals surface area (Å²) in [4.78, 5) is 21.2. The summed E-state index contributed by atoms with van der Waals surface area (Å²) < 4.78 is 12.7. The largest absolute Gasteiger partial charge is 0.496 e. The van der Waals surface area contributed by atoms with Crippen molar-refractivity contribution < 1.29 is 14.3 Å². The van der Waals surface area contributed by atoms with Gasteiger partial charge in [-0.3, -0.25) is 4.79 Å². The van der Waals surface area contributed by atoms with Crippen molar-refractivity contribution >= 4 is 17.4 Å². The maximum absolute atomic E-state index is 12.4. The zero-order chi connectivity index (χ0) is 18.1. The highest BCUT2D eigenvalue weighted by molar-refractivity contribution is 6.08. The van der Waals surface area contributed by atoms with E-state index in [9.17, 15) is 4.79 Å². The Kier molecular flexibility index (Phi) is 4.46. The molecule has 7 nitrogen and oxygen atoms in total. The average molecular weight is 354 g/mol. The van der Waals surface area contributed by atoms with E-state index < -0.39 is 0 Å². The lowest BCUT2D eigenvalue weighted by atomic mass is 9.89. The van der Waals surface area contributed by atoms with Crippen LogP contribution in [0.5, 0.6) is 5.75 Å². The first-order chi connectivity index (χ1) is 12.7. The number of nitrogens with zero attached hydrogens (tertiary/aromatic N) is 3. The molecule has 2 aromatic rings. The summed E-state index contributed by atoms with van der Waals surface area (Å²) >= 11 is 0. The summed E-state index contributed by atoms with van der Waals surface area (Å²) in [7, 11) is 3.49. The van der Waals surface area contributed by atoms with Crippen LogP contribution in [0.25, 0.3) is 0 Å². The highest BCUT2D eigenvalue weighted by Crippen LogP contribution is 2.42. The van der Waals surface area contributed by atoms with Crippen LogP contribution in [0.1, 0.15) is 40.4 Å². The molecule has 2 aliphatic rings.